The Bertz CT molecular complexity index is 727. The van der Waals surface area contributed by atoms with E-state index in [4.69, 9.17) is 9.15 Å². The van der Waals surface area contributed by atoms with Gasteiger partial charge in [-0.15, -0.1) is 35.3 Å². The van der Waals surface area contributed by atoms with Crippen LogP contribution < -0.4 is 10.6 Å². The molecule has 2 aromatic rings. The highest BCUT2D eigenvalue weighted by molar-refractivity contribution is 14.0. The van der Waals surface area contributed by atoms with Crippen LogP contribution in [0.25, 0.3) is 0 Å². The Balaban J connectivity index is 0.00000312. The van der Waals surface area contributed by atoms with Crippen LogP contribution in [0.1, 0.15) is 32.6 Å². The summed E-state index contributed by atoms with van der Waals surface area (Å²) in [6, 6.07) is 1.68. The molecule has 0 aliphatic rings. The second-order valence-corrected chi connectivity index (χ2v) is 6.20. The molecule has 0 aliphatic heterocycles. The highest BCUT2D eigenvalue weighted by Gasteiger charge is 2.15. The van der Waals surface area contributed by atoms with Gasteiger partial charge in [-0.25, -0.2) is 9.78 Å². The number of rotatable bonds is 6. The first-order chi connectivity index (χ1) is 11.5. The molecule has 2 rings (SSSR count). The Morgan fingerprint density at radius 2 is 2.16 bits per heavy atom. The molecular formula is C16H23IN4O3S. The van der Waals surface area contributed by atoms with E-state index in [0.29, 0.717) is 29.6 Å². The van der Waals surface area contributed by atoms with E-state index >= 15 is 0 Å². The lowest BCUT2D eigenvalue weighted by atomic mass is 10.2. The van der Waals surface area contributed by atoms with Crippen LogP contribution in [-0.4, -0.2) is 37.6 Å². The number of ether oxygens (including phenoxy) is 1. The van der Waals surface area contributed by atoms with Gasteiger partial charge in [-0.3, -0.25) is 4.99 Å². The summed E-state index contributed by atoms with van der Waals surface area (Å²) in [5, 5.41) is 9.51. The highest BCUT2D eigenvalue weighted by atomic mass is 127. The van der Waals surface area contributed by atoms with Gasteiger partial charge in [-0.1, -0.05) is 0 Å². The van der Waals surface area contributed by atoms with Gasteiger partial charge in [0.15, 0.2) is 5.96 Å². The zero-order valence-corrected chi connectivity index (χ0v) is 17.9. The Morgan fingerprint density at radius 1 is 1.40 bits per heavy atom. The molecule has 138 valence electrons. The predicted octanol–water partition coefficient (Wildman–Crippen LogP) is 2.67. The summed E-state index contributed by atoms with van der Waals surface area (Å²) in [5.74, 6) is 1.45. The molecule has 0 spiro atoms. The molecule has 0 atom stereocenters. The van der Waals surface area contributed by atoms with E-state index in [2.05, 4.69) is 26.0 Å². The lowest BCUT2D eigenvalue weighted by molar-refractivity contribution is 0.0599. The van der Waals surface area contributed by atoms with Gasteiger partial charge in [0.05, 0.1) is 24.4 Å². The number of halogens is 1. The van der Waals surface area contributed by atoms with E-state index in [-0.39, 0.29) is 24.0 Å². The number of carbonyl (C=O) groups excluding carboxylic acids is 1. The summed E-state index contributed by atoms with van der Waals surface area (Å²) in [4.78, 5) is 20.2. The third-order valence-corrected chi connectivity index (χ3v) is 4.19. The number of nitrogens with one attached hydrogen (secondary N) is 2. The maximum absolute atomic E-state index is 11.6. The van der Waals surface area contributed by atoms with Crippen molar-refractivity contribution in [1.82, 2.24) is 15.6 Å². The monoisotopic (exact) mass is 478 g/mol. The third-order valence-electron chi connectivity index (χ3n) is 3.37. The van der Waals surface area contributed by atoms with E-state index in [9.17, 15) is 4.79 Å². The number of thiazole rings is 1. The summed E-state index contributed by atoms with van der Waals surface area (Å²) in [7, 11) is 3.05. The zero-order valence-electron chi connectivity index (χ0n) is 14.7. The maximum Gasteiger partial charge on any atom is 0.341 e. The number of nitrogens with zero attached hydrogens (tertiary/aromatic N) is 2. The fraction of sp³-hybridized carbons (Fsp3) is 0.438. The van der Waals surface area contributed by atoms with Crippen molar-refractivity contribution in [2.75, 3.05) is 20.7 Å². The minimum atomic E-state index is -0.399. The van der Waals surface area contributed by atoms with Crippen molar-refractivity contribution in [1.29, 1.82) is 0 Å². The van der Waals surface area contributed by atoms with Crippen LogP contribution in [0.2, 0.25) is 0 Å². The Kier molecular flexibility index (Phi) is 8.90. The largest absolute Gasteiger partial charge is 0.465 e. The van der Waals surface area contributed by atoms with Gasteiger partial charge in [-0.2, -0.15) is 0 Å². The summed E-state index contributed by atoms with van der Waals surface area (Å²) in [6.07, 6.45) is 0.831. The number of carbonyl (C=O) groups is 1. The van der Waals surface area contributed by atoms with Gasteiger partial charge in [0.25, 0.3) is 0 Å². The van der Waals surface area contributed by atoms with Crippen molar-refractivity contribution in [2.45, 2.75) is 26.8 Å². The maximum atomic E-state index is 11.6. The van der Waals surface area contributed by atoms with E-state index in [1.807, 2.05) is 6.92 Å². The minimum Gasteiger partial charge on any atom is -0.465 e. The first kappa shape index (κ1) is 21.4. The van der Waals surface area contributed by atoms with Gasteiger partial charge >= 0.3 is 5.97 Å². The second-order valence-electron chi connectivity index (χ2n) is 5.13. The molecule has 0 saturated carbocycles. The van der Waals surface area contributed by atoms with Crippen LogP contribution in [0, 0.1) is 13.8 Å². The molecule has 2 aromatic heterocycles. The van der Waals surface area contributed by atoms with Crippen molar-refractivity contribution in [3.8, 4) is 0 Å². The predicted molar refractivity (Wildman–Crippen MR) is 109 cm³/mol. The average molecular weight is 478 g/mol. The Labute approximate surface area is 168 Å². The summed E-state index contributed by atoms with van der Waals surface area (Å²) < 4.78 is 10.3. The van der Waals surface area contributed by atoms with Crippen molar-refractivity contribution < 1.29 is 13.9 Å². The SMILES string of the molecule is CN=C(NCCc1csc(C)n1)NCc1cc(C(=O)OC)c(C)o1.I. The molecule has 2 heterocycles. The van der Waals surface area contributed by atoms with Gasteiger partial charge in [-0.05, 0) is 19.9 Å². The standard InChI is InChI=1S/C16H22N4O3S.HI/c1-10-14(15(21)22-4)7-13(23-10)8-19-16(17-3)18-6-5-12-9-24-11(2)20-12;/h7,9H,5-6,8H2,1-4H3,(H2,17,18,19);1H. The molecule has 2 N–H and O–H groups in total. The summed E-state index contributed by atoms with van der Waals surface area (Å²) in [5.41, 5.74) is 1.51. The molecule has 0 radical (unpaired) electrons. The molecule has 0 aliphatic carbocycles. The number of hydrogen-bond acceptors (Lipinski definition) is 6. The lowest BCUT2D eigenvalue weighted by Gasteiger charge is -2.10. The van der Waals surface area contributed by atoms with E-state index in [0.717, 1.165) is 23.7 Å². The number of hydrogen-bond donors (Lipinski definition) is 2. The zero-order chi connectivity index (χ0) is 17.5. The molecule has 0 fully saturated rings. The van der Waals surface area contributed by atoms with Crippen LogP contribution in [0.4, 0.5) is 0 Å². The molecule has 0 bridgehead atoms. The Morgan fingerprint density at radius 3 is 2.76 bits per heavy atom. The van der Waals surface area contributed by atoms with Gasteiger partial charge in [0, 0.05) is 25.4 Å². The number of aromatic nitrogens is 1. The topological polar surface area (TPSA) is 88.8 Å². The first-order valence-corrected chi connectivity index (χ1v) is 8.44. The number of methoxy groups -OCH3 is 1. The second kappa shape index (κ2) is 10.4. The van der Waals surface area contributed by atoms with Crippen LogP contribution >= 0.6 is 35.3 Å². The van der Waals surface area contributed by atoms with Crippen molar-refractivity contribution in [3.05, 3.63) is 39.2 Å². The third kappa shape index (κ3) is 6.31. The fourth-order valence-corrected chi connectivity index (χ4v) is 2.81. The molecular weight excluding hydrogens is 455 g/mol. The van der Waals surface area contributed by atoms with Crippen LogP contribution in [-0.2, 0) is 17.7 Å². The van der Waals surface area contributed by atoms with Crippen molar-refractivity contribution >= 4 is 47.2 Å². The highest BCUT2D eigenvalue weighted by Crippen LogP contribution is 2.15. The van der Waals surface area contributed by atoms with Crippen LogP contribution in [0.3, 0.4) is 0 Å². The number of guanidine groups is 1. The normalized spacial score (nSPS) is 11.0. The smallest absolute Gasteiger partial charge is 0.341 e. The molecule has 0 saturated heterocycles. The molecule has 0 aromatic carbocycles. The Hall–Kier alpha value is -1.62. The van der Waals surface area contributed by atoms with E-state index < -0.39 is 5.97 Å². The number of aliphatic imine (C=N–C) groups is 1. The summed E-state index contributed by atoms with van der Waals surface area (Å²) >= 11 is 1.65. The van der Waals surface area contributed by atoms with Crippen LogP contribution in [0.15, 0.2) is 20.9 Å². The number of esters is 1. The summed E-state index contributed by atoms with van der Waals surface area (Å²) in [6.45, 7) is 4.88. The lowest BCUT2D eigenvalue weighted by Crippen LogP contribution is -2.37. The van der Waals surface area contributed by atoms with E-state index in [1.165, 1.54) is 7.11 Å². The van der Waals surface area contributed by atoms with E-state index in [1.54, 1.807) is 31.4 Å². The van der Waals surface area contributed by atoms with Gasteiger partial charge in [0.2, 0.25) is 0 Å². The number of aryl methyl sites for hydroxylation is 2. The quantitative estimate of drug-likeness (QED) is 0.287. The van der Waals surface area contributed by atoms with Gasteiger partial charge in [0.1, 0.15) is 17.1 Å². The number of furan rings is 1. The fourth-order valence-electron chi connectivity index (χ4n) is 2.17. The van der Waals surface area contributed by atoms with Crippen molar-refractivity contribution in [3.63, 3.8) is 0 Å². The average Bonchev–Trinajstić information content (AvgIpc) is 3.15. The van der Waals surface area contributed by atoms with Crippen molar-refractivity contribution in [2.24, 2.45) is 4.99 Å². The first-order valence-electron chi connectivity index (χ1n) is 7.56. The molecule has 7 nitrogen and oxygen atoms in total. The molecule has 0 amide bonds. The molecule has 9 heteroatoms. The molecule has 0 unspecified atom stereocenters. The minimum absolute atomic E-state index is 0. The van der Waals surface area contributed by atoms with Crippen LogP contribution in [0.5, 0.6) is 0 Å². The molecule has 25 heavy (non-hydrogen) atoms. The van der Waals surface area contributed by atoms with Gasteiger partial charge < -0.3 is 19.8 Å².